The zero-order valence-electron chi connectivity index (χ0n) is 7.43. The molecule has 0 unspecified atom stereocenters. The van der Waals surface area contributed by atoms with Gasteiger partial charge < -0.3 is 5.11 Å². The monoisotopic (exact) mass is 154 g/mol. The van der Waals surface area contributed by atoms with Crippen molar-refractivity contribution in [2.45, 2.75) is 27.7 Å². The maximum atomic E-state index is 11.3. The molecule has 0 aromatic carbocycles. The summed E-state index contributed by atoms with van der Waals surface area (Å²) in [6, 6.07) is 0. The van der Waals surface area contributed by atoms with E-state index in [0.717, 1.165) is 0 Å². The van der Waals surface area contributed by atoms with Gasteiger partial charge in [-0.1, -0.05) is 27.7 Å². The van der Waals surface area contributed by atoms with Crippen LogP contribution in [0.3, 0.4) is 0 Å². The molecule has 0 saturated heterocycles. The number of carbonyl (C=O) groups excluding carboxylic acids is 1. The van der Waals surface area contributed by atoms with Crippen LogP contribution in [0.4, 0.5) is 0 Å². The van der Waals surface area contributed by atoms with Gasteiger partial charge in [0.15, 0.2) is 5.76 Å². The van der Waals surface area contributed by atoms with Crippen LogP contribution in [-0.4, -0.2) is 10.9 Å². The smallest absolute Gasteiger partial charge is 0.203 e. The molecule has 0 saturated carbocycles. The van der Waals surface area contributed by atoms with E-state index in [0.29, 0.717) is 0 Å². The molecule has 0 radical (unpaired) electrons. The van der Waals surface area contributed by atoms with Crippen LogP contribution < -0.4 is 0 Å². The fourth-order valence-corrected chi connectivity index (χ4v) is 1.20. The van der Waals surface area contributed by atoms with E-state index < -0.39 is 5.41 Å². The third-order valence-corrected chi connectivity index (χ3v) is 2.91. The second-order valence-corrected chi connectivity index (χ2v) is 4.21. The van der Waals surface area contributed by atoms with Gasteiger partial charge in [0.05, 0.1) is 0 Å². The molecule has 0 heterocycles. The van der Waals surface area contributed by atoms with Crippen LogP contribution in [-0.2, 0) is 4.79 Å². The van der Waals surface area contributed by atoms with Gasteiger partial charge in [-0.25, -0.2) is 0 Å². The molecule has 1 N–H and O–H groups in total. The Morgan fingerprint density at radius 1 is 1.27 bits per heavy atom. The summed E-state index contributed by atoms with van der Waals surface area (Å²) in [7, 11) is 0. The lowest BCUT2D eigenvalue weighted by Gasteiger charge is -2.31. The summed E-state index contributed by atoms with van der Waals surface area (Å²) >= 11 is 0. The summed E-state index contributed by atoms with van der Waals surface area (Å²) in [5.41, 5.74) is -0.689. The Morgan fingerprint density at radius 3 is 1.82 bits per heavy atom. The highest BCUT2D eigenvalue weighted by Crippen LogP contribution is 2.47. The van der Waals surface area contributed by atoms with Gasteiger partial charge >= 0.3 is 0 Å². The van der Waals surface area contributed by atoms with E-state index in [9.17, 15) is 9.90 Å². The van der Waals surface area contributed by atoms with E-state index in [1.807, 2.05) is 27.7 Å². The summed E-state index contributed by atoms with van der Waals surface area (Å²) in [4.78, 5) is 11.3. The van der Waals surface area contributed by atoms with Crippen molar-refractivity contribution >= 4 is 5.78 Å². The number of ketones is 1. The molecule has 0 bridgehead atoms. The highest BCUT2D eigenvalue weighted by atomic mass is 16.3. The first-order valence-electron chi connectivity index (χ1n) is 3.76. The van der Waals surface area contributed by atoms with Crippen molar-refractivity contribution in [3.05, 3.63) is 11.8 Å². The van der Waals surface area contributed by atoms with Crippen LogP contribution in [0.1, 0.15) is 27.7 Å². The Balaban J connectivity index is 3.16. The summed E-state index contributed by atoms with van der Waals surface area (Å²) in [6.07, 6.45) is 1.63. The Bertz CT molecular complexity index is 234. The Hall–Kier alpha value is -0.790. The van der Waals surface area contributed by atoms with Gasteiger partial charge in [-0.3, -0.25) is 4.79 Å². The molecule has 2 nitrogen and oxygen atoms in total. The van der Waals surface area contributed by atoms with Gasteiger partial charge in [-0.2, -0.15) is 0 Å². The van der Waals surface area contributed by atoms with Crippen molar-refractivity contribution in [3.63, 3.8) is 0 Å². The van der Waals surface area contributed by atoms with Crippen molar-refractivity contribution in [2.24, 2.45) is 10.8 Å². The van der Waals surface area contributed by atoms with Crippen molar-refractivity contribution in [3.8, 4) is 0 Å². The number of hydrogen-bond donors (Lipinski definition) is 1. The number of rotatable bonds is 0. The summed E-state index contributed by atoms with van der Waals surface area (Å²) in [5, 5.41) is 9.18. The van der Waals surface area contributed by atoms with Crippen LogP contribution in [0.25, 0.3) is 0 Å². The zero-order chi connectivity index (χ0) is 8.86. The molecular weight excluding hydrogens is 140 g/mol. The van der Waals surface area contributed by atoms with Gasteiger partial charge in [0.25, 0.3) is 0 Å². The number of Topliss-reactive ketones (excluding diaryl/α,β-unsaturated/α-hetero) is 1. The van der Waals surface area contributed by atoms with E-state index in [-0.39, 0.29) is 17.0 Å². The molecule has 11 heavy (non-hydrogen) atoms. The molecule has 2 heteroatoms. The van der Waals surface area contributed by atoms with Crippen molar-refractivity contribution in [1.29, 1.82) is 0 Å². The van der Waals surface area contributed by atoms with Crippen molar-refractivity contribution in [2.75, 3.05) is 0 Å². The van der Waals surface area contributed by atoms with E-state index in [2.05, 4.69) is 0 Å². The number of aliphatic hydroxyl groups is 1. The fraction of sp³-hybridized carbons (Fsp3) is 0.667. The molecular formula is C9H14O2. The lowest BCUT2D eigenvalue weighted by molar-refractivity contribution is -0.127. The maximum Gasteiger partial charge on any atom is 0.203 e. The second-order valence-electron chi connectivity index (χ2n) is 4.21. The molecule has 1 rings (SSSR count). The Kier molecular flexibility index (Phi) is 1.41. The van der Waals surface area contributed by atoms with Gasteiger partial charge in [0.1, 0.15) is 0 Å². The van der Waals surface area contributed by atoms with Crippen molar-refractivity contribution in [1.82, 2.24) is 0 Å². The predicted octanol–water partition coefficient (Wildman–Crippen LogP) is 2.06. The average molecular weight is 154 g/mol. The highest BCUT2D eigenvalue weighted by Gasteiger charge is 2.48. The van der Waals surface area contributed by atoms with Crippen LogP contribution >= 0.6 is 0 Å². The zero-order valence-corrected chi connectivity index (χ0v) is 7.43. The first kappa shape index (κ1) is 8.31. The minimum Gasteiger partial charge on any atom is -0.505 e. The first-order chi connectivity index (χ1) is 4.79. The van der Waals surface area contributed by atoms with E-state index in [1.54, 1.807) is 6.08 Å². The SMILES string of the molecule is CC1(C)C=C(O)C(=O)C1(C)C. The minimum atomic E-state index is -0.461. The predicted molar refractivity (Wildman–Crippen MR) is 43.3 cm³/mol. The number of allylic oxidation sites excluding steroid dienone is 2. The summed E-state index contributed by atoms with van der Waals surface area (Å²) in [6.45, 7) is 7.62. The lowest BCUT2D eigenvalue weighted by Crippen LogP contribution is -2.33. The molecule has 0 aliphatic heterocycles. The fourth-order valence-electron chi connectivity index (χ4n) is 1.20. The third kappa shape index (κ3) is 0.889. The molecule has 0 aromatic heterocycles. The van der Waals surface area contributed by atoms with E-state index in [4.69, 9.17) is 0 Å². The maximum absolute atomic E-state index is 11.3. The molecule has 0 fully saturated rings. The van der Waals surface area contributed by atoms with E-state index >= 15 is 0 Å². The molecule has 0 aromatic rings. The van der Waals surface area contributed by atoms with Crippen LogP contribution in [0, 0.1) is 10.8 Å². The van der Waals surface area contributed by atoms with Crippen LogP contribution in [0.15, 0.2) is 11.8 Å². The number of hydrogen-bond acceptors (Lipinski definition) is 2. The normalized spacial score (nSPS) is 26.9. The molecule has 0 spiro atoms. The molecule has 0 atom stereocenters. The van der Waals surface area contributed by atoms with Gasteiger partial charge in [0.2, 0.25) is 5.78 Å². The van der Waals surface area contributed by atoms with Crippen LogP contribution in [0.2, 0.25) is 0 Å². The van der Waals surface area contributed by atoms with E-state index in [1.165, 1.54) is 0 Å². The topological polar surface area (TPSA) is 37.3 Å². The van der Waals surface area contributed by atoms with Crippen molar-refractivity contribution < 1.29 is 9.90 Å². The lowest BCUT2D eigenvalue weighted by atomic mass is 9.70. The molecule has 1 aliphatic rings. The summed E-state index contributed by atoms with van der Waals surface area (Å²) in [5.74, 6) is -0.234. The number of carbonyl (C=O) groups is 1. The van der Waals surface area contributed by atoms with Gasteiger partial charge in [0, 0.05) is 5.41 Å². The first-order valence-corrected chi connectivity index (χ1v) is 3.76. The molecule has 0 amide bonds. The highest BCUT2D eigenvalue weighted by molar-refractivity contribution is 6.00. The molecule has 1 aliphatic carbocycles. The summed E-state index contributed by atoms with van der Waals surface area (Å²) < 4.78 is 0. The van der Waals surface area contributed by atoms with Crippen LogP contribution in [0.5, 0.6) is 0 Å². The minimum absolute atomic E-state index is 0.0833. The average Bonchev–Trinajstić information content (AvgIpc) is 1.93. The van der Waals surface area contributed by atoms with Gasteiger partial charge in [-0.15, -0.1) is 0 Å². The Labute approximate surface area is 66.9 Å². The van der Waals surface area contributed by atoms with Gasteiger partial charge in [-0.05, 0) is 11.5 Å². The standard InChI is InChI=1S/C9H14O2/c1-8(2)5-6(10)7(11)9(8,3)4/h5,10H,1-4H3. The molecule has 62 valence electrons. The third-order valence-electron chi connectivity index (χ3n) is 2.91. The number of aliphatic hydroxyl groups excluding tert-OH is 1. The Morgan fingerprint density at radius 2 is 1.73 bits per heavy atom. The largest absolute Gasteiger partial charge is 0.505 e. The second kappa shape index (κ2) is 1.87. The quantitative estimate of drug-likeness (QED) is 0.580.